The number of carbonyl (C=O) groups is 2. The van der Waals surface area contributed by atoms with Crippen molar-refractivity contribution in [1.82, 2.24) is 15.1 Å². The maximum atomic E-state index is 14.0. The molecule has 238 valence electrons. The van der Waals surface area contributed by atoms with Gasteiger partial charge >= 0.3 is 0 Å². The molecule has 7 N–H and O–H groups in total. The third-order valence-corrected chi connectivity index (χ3v) is 8.73. The van der Waals surface area contributed by atoms with Gasteiger partial charge in [-0.1, -0.05) is 61.4 Å². The summed E-state index contributed by atoms with van der Waals surface area (Å²) >= 11 is 0. The van der Waals surface area contributed by atoms with Gasteiger partial charge in [0.15, 0.2) is 0 Å². The molecule has 0 saturated carbocycles. The van der Waals surface area contributed by atoms with Gasteiger partial charge < -0.3 is 32.3 Å². The Morgan fingerprint density at radius 1 is 0.814 bits per heavy atom. The Kier molecular flexibility index (Phi) is 13.2. The van der Waals surface area contributed by atoms with Gasteiger partial charge in [-0.05, 0) is 94.5 Å². The van der Waals surface area contributed by atoms with Gasteiger partial charge in [-0.15, -0.1) is 0 Å². The lowest BCUT2D eigenvalue weighted by atomic mass is 9.92. The minimum atomic E-state index is -0.645. The van der Waals surface area contributed by atoms with Crippen LogP contribution in [0.15, 0.2) is 36.4 Å². The Morgan fingerprint density at radius 3 is 1.77 bits per heavy atom. The fourth-order valence-electron chi connectivity index (χ4n) is 6.40. The van der Waals surface area contributed by atoms with Gasteiger partial charge in [0.05, 0.1) is 12.1 Å². The number of carbonyl (C=O) groups excluding carboxylic acids is 2. The molecule has 1 heterocycles. The Balaban J connectivity index is 1.83. The van der Waals surface area contributed by atoms with E-state index in [4.69, 9.17) is 17.2 Å². The maximum absolute atomic E-state index is 14.0. The number of benzene rings is 2. The number of aryl methyl sites for hydroxylation is 4. The van der Waals surface area contributed by atoms with Crippen LogP contribution in [0, 0.1) is 33.6 Å². The zero-order valence-corrected chi connectivity index (χ0v) is 27.4. The molecule has 8 heteroatoms. The van der Waals surface area contributed by atoms with Crippen LogP contribution >= 0.6 is 0 Å². The molecule has 1 aliphatic rings. The van der Waals surface area contributed by atoms with E-state index in [-0.39, 0.29) is 23.9 Å². The number of piperazine rings is 1. The molecule has 43 heavy (non-hydrogen) atoms. The minimum absolute atomic E-state index is 0.0384. The summed E-state index contributed by atoms with van der Waals surface area (Å²) < 4.78 is 0. The van der Waals surface area contributed by atoms with E-state index in [1.165, 1.54) is 11.1 Å². The molecular weight excluding hydrogens is 536 g/mol. The Bertz CT molecular complexity index is 1210. The van der Waals surface area contributed by atoms with Crippen LogP contribution in [0.4, 0.5) is 0 Å². The fourth-order valence-corrected chi connectivity index (χ4v) is 6.40. The van der Waals surface area contributed by atoms with Crippen molar-refractivity contribution < 1.29 is 9.59 Å². The van der Waals surface area contributed by atoms with Crippen molar-refractivity contribution in [3.05, 3.63) is 69.8 Å². The van der Waals surface area contributed by atoms with Crippen LogP contribution in [0.2, 0.25) is 0 Å². The predicted octanol–water partition coefficient (Wildman–Crippen LogP) is 3.14. The number of nitrogens with one attached hydrogen (secondary N) is 1. The second-order valence-electron chi connectivity index (χ2n) is 13.1. The van der Waals surface area contributed by atoms with Crippen molar-refractivity contribution in [2.24, 2.45) is 23.1 Å². The van der Waals surface area contributed by atoms with E-state index in [2.05, 4.69) is 83.3 Å². The zero-order valence-electron chi connectivity index (χ0n) is 27.4. The molecule has 2 amide bonds. The number of rotatable bonds is 14. The topological polar surface area (TPSA) is 131 Å². The number of nitrogens with zero attached hydrogens (tertiary/aromatic N) is 2. The number of hydrogen-bond donors (Lipinski definition) is 4. The average Bonchev–Trinajstić information content (AvgIpc) is 2.95. The molecule has 0 radical (unpaired) electrons. The normalized spacial score (nSPS) is 18.7. The first-order chi connectivity index (χ1) is 20.4. The maximum Gasteiger partial charge on any atom is 0.240 e. The molecule has 2 aromatic carbocycles. The third kappa shape index (κ3) is 9.86. The highest BCUT2D eigenvalue weighted by Gasteiger charge is 2.41. The van der Waals surface area contributed by atoms with Crippen LogP contribution in [0.5, 0.6) is 0 Å². The largest absolute Gasteiger partial charge is 0.335 e. The second kappa shape index (κ2) is 16.3. The van der Waals surface area contributed by atoms with Gasteiger partial charge in [0, 0.05) is 38.3 Å². The lowest BCUT2D eigenvalue weighted by Crippen LogP contribution is -2.65. The van der Waals surface area contributed by atoms with Gasteiger partial charge in [-0.3, -0.25) is 9.59 Å². The lowest BCUT2D eigenvalue weighted by Gasteiger charge is -2.48. The Hall–Kier alpha value is -2.78. The highest BCUT2D eigenvalue weighted by molar-refractivity contribution is 5.85. The van der Waals surface area contributed by atoms with E-state index in [0.717, 1.165) is 54.6 Å². The molecule has 2 unspecified atom stereocenters. The summed E-state index contributed by atoms with van der Waals surface area (Å²) in [6.45, 7) is 15.7. The standard InChI is InChI=1S/C35H56N6O2/c1-23(2)16-31-22-40(34(42)32(37)19-28-11-9-24(3)17-26(28)5)30(8-7-14-39-15-13-36)21-41(31)35(43)33(38)20-29-12-10-25(4)18-27(29)6/h9-12,17-18,23,30-33,39H,7-8,13-16,19-22,36-38H2,1-6H3/t30-,31+,32?,33?/m0/s1. The number of hydrogen-bond acceptors (Lipinski definition) is 6. The Labute approximate surface area is 259 Å². The SMILES string of the molecule is Cc1ccc(CC(N)C(=O)N2C[C@H](CCCNCCN)N(C(=O)C(N)Cc3ccc(C)cc3C)C[C@H]2CC(C)C)c(C)c1. The van der Waals surface area contributed by atoms with Crippen molar-refractivity contribution in [3.63, 3.8) is 0 Å². The van der Waals surface area contributed by atoms with Crippen LogP contribution in [-0.2, 0) is 22.4 Å². The highest BCUT2D eigenvalue weighted by atomic mass is 16.2. The first kappa shape index (κ1) is 34.7. The molecular formula is C35H56N6O2. The van der Waals surface area contributed by atoms with Gasteiger partial charge in [0.1, 0.15) is 0 Å². The van der Waals surface area contributed by atoms with Crippen LogP contribution in [0.3, 0.4) is 0 Å². The Morgan fingerprint density at radius 2 is 1.30 bits per heavy atom. The smallest absolute Gasteiger partial charge is 0.240 e. The molecule has 0 bridgehead atoms. The summed E-state index contributed by atoms with van der Waals surface area (Å²) in [5.74, 6) is 0.276. The van der Waals surface area contributed by atoms with Crippen LogP contribution in [-0.4, -0.2) is 78.5 Å². The van der Waals surface area contributed by atoms with E-state index in [0.29, 0.717) is 38.4 Å². The van der Waals surface area contributed by atoms with E-state index in [9.17, 15) is 9.59 Å². The summed E-state index contributed by atoms with van der Waals surface area (Å²) in [4.78, 5) is 32.0. The molecule has 4 atom stereocenters. The first-order valence-electron chi connectivity index (χ1n) is 16.1. The summed E-state index contributed by atoms with van der Waals surface area (Å²) in [6.07, 6.45) is 3.41. The lowest BCUT2D eigenvalue weighted by molar-refractivity contribution is -0.149. The summed E-state index contributed by atoms with van der Waals surface area (Å²) in [5.41, 5.74) is 25.8. The van der Waals surface area contributed by atoms with E-state index >= 15 is 0 Å². The molecule has 0 aliphatic carbocycles. The van der Waals surface area contributed by atoms with E-state index < -0.39 is 12.1 Å². The van der Waals surface area contributed by atoms with Crippen molar-refractivity contribution >= 4 is 11.8 Å². The molecule has 2 aromatic rings. The molecule has 0 spiro atoms. The van der Waals surface area contributed by atoms with Gasteiger partial charge in [0.2, 0.25) is 11.8 Å². The van der Waals surface area contributed by atoms with E-state index in [1.54, 1.807) is 0 Å². The number of nitrogens with two attached hydrogens (primary N) is 3. The van der Waals surface area contributed by atoms with Gasteiger partial charge in [0.25, 0.3) is 0 Å². The van der Waals surface area contributed by atoms with Crippen molar-refractivity contribution in [2.45, 2.75) is 97.8 Å². The average molecular weight is 593 g/mol. The monoisotopic (exact) mass is 592 g/mol. The quantitative estimate of drug-likeness (QED) is 0.249. The summed E-state index contributed by atoms with van der Waals surface area (Å²) in [6, 6.07) is 11.0. The van der Waals surface area contributed by atoms with Crippen LogP contribution in [0.1, 0.15) is 66.5 Å². The fraction of sp³-hybridized carbons (Fsp3) is 0.600. The van der Waals surface area contributed by atoms with Gasteiger partial charge in [-0.25, -0.2) is 0 Å². The highest BCUT2D eigenvalue weighted by Crippen LogP contribution is 2.26. The van der Waals surface area contributed by atoms with E-state index in [1.807, 2.05) is 9.80 Å². The van der Waals surface area contributed by atoms with Crippen LogP contribution < -0.4 is 22.5 Å². The molecule has 8 nitrogen and oxygen atoms in total. The summed E-state index contributed by atoms with van der Waals surface area (Å²) in [7, 11) is 0. The molecule has 1 saturated heterocycles. The van der Waals surface area contributed by atoms with Crippen molar-refractivity contribution in [2.75, 3.05) is 32.7 Å². The van der Waals surface area contributed by atoms with Gasteiger partial charge in [-0.2, -0.15) is 0 Å². The summed E-state index contributed by atoms with van der Waals surface area (Å²) in [5, 5.41) is 3.35. The molecule has 3 rings (SSSR count). The predicted molar refractivity (Wildman–Crippen MR) is 177 cm³/mol. The third-order valence-electron chi connectivity index (χ3n) is 8.73. The van der Waals surface area contributed by atoms with Crippen LogP contribution in [0.25, 0.3) is 0 Å². The van der Waals surface area contributed by atoms with Crippen molar-refractivity contribution in [1.29, 1.82) is 0 Å². The molecule has 1 fully saturated rings. The second-order valence-corrected chi connectivity index (χ2v) is 13.1. The zero-order chi connectivity index (χ0) is 31.7. The molecule has 1 aliphatic heterocycles. The minimum Gasteiger partial charge on any atom is -0.335 e. The first-order valence-corrected chi connectivity index (χ1v) is 16.1. The van der Waals surface area contributed by atoms with Crippen molar-refractivity contribution in [3.8, 4) is 0 Å². The number of amides is 2. The molecule has 0 aromatic heterocycles.